The number of likely N-dealkylation sites (N-methyl/N-ethyl adjacent to an activating group) is 1. The van der Waals surface area contributed by atoms with Crippen molar-refractivity contribution in [3.8, 4) is 16.9 Å². The summed E-state index contributed by atoms with van der Waals surface area (Å²) in [6.07, 6.45) is 5.18. The number of aryl methyl sites for hydroxylation is 3. The van der Waals surface area contributed by atoms with Crippen molar-refractivity contribution < 1.29 is 13.9 Å². The molecule has 0 fully saturated rings. The predicted octanol–water partition coefficient (Wildman–Crippen LogP) is 2.93. The molecule has 1 aliphatic heterocycles. The van der Waals surface area contributed by atoms with Gasteiger partial charge < -0.3 is 9.64 Å². The lowest BCUT2D eigenvalue weighted by molar-refractivity contribution is -0.118. The van der Waals surface area contributed by atoms with Crippen molar-refractivity contribution in [3.63, 3.8) is 0 Å². The molecule has 1 amide bonds. The van der Waals surface area contributed by atoms with Gasteiger partial charge in [0, 0.05) is 61.7 Å². The van der Waals surface area contributed by atoms with E-state index in [1.54, 1.807) is 42.1 Å². The van der Waals surface area contributed by atoms with Crippen molar-refractivity contribution in [2.45, 2.75) is 12.8 Å². The van der Waals surface area contributed by atoms with Gasteiger partial charge in [0.05, 0.1) is 41.7 Å². The molecule has 8 nitrogen and oxygen atoms in total. The van der Waals surface area contributed by atoms with Crippen LogP contribution in [0.25, 0.3) is 22.0 Å². The maximum Gasteiger partial charge on any atom is 0.240 e. The molecule has 4 aromatic rings. The number of hydrogen-bond donors (Lipinski definition) is 0. The first-order valence-electron chi connectivity index (χ1n) is 9.78. The van der Waals surface area contributed by atoms with Gasteiger partial charge in [-0.1, -0.05) is 0 Å². The van der Waals surface area contributed by atoms with Crippen molar-refractivity contribution >= 4 is 22.5 Å². The van der Waals surface area contributed by atoms with Crippen LogP contribution in [0.3, 0.4) is 0 Å². The van der Waals surface area contributed by atoms with Crippen LogP contribution in [-0.4, -0.2) is 44.6 Å². The molecule has 5 rings (SSSR count). The Kier molecular flexibility index (Phi) is 4.11. The number of ether oxygens (including phenoxy) is 1. The van der Waals surface area contributed by atoms with E-state index in [1.807, 2.05) is 26.2 Å². The van der Waals surface area contributed by atoms with Gasteiger partial charge in [-0.05, 0) is 13.0 Å². The number of rotatable bonds is 3. The number of carbonyl (C=O) groups excluding carboxylic acids is 1. The molecule has 0 aliphatic carbocycles. The smallest absolute Gasteiger partial charge is 0.240 e. The Bertz CT molecular complexity index is 1370. The second-order valence-corrected chi connectivity index (χ2v) is 7.81. The highest BCUT2D eigenvalue weighted by atomic mass is 19.1. The molecule has 9 heteroatoms. The van der Waals surface area contributed by atoms with Gasteiger partial charge in [0.2, 0.25) is 11.9 Å². The van der Waals surface area contributed by atoms with Crippen LogP contribution < -0.4 is 9.64 Å². The zero-order chi connectivity index (χ0) is 22.0. The van der Waals surface area contributed by atoms with Crippen LogP contribution in [0.2, 0.25) is 0 Å². The molecule has 0 bridgehead atoms. The summed E-state index contributed by atoms with van der Waals surface area (Å²) in [5, 5.41) is 9.01. The SMILES string of the molecule is COc1cc2ncc3c(c2cc1-c1cn(C)nc1F)C(c1cn(C)nc1C)C(=O)N3C. The lowest BCUT2D eigenvalue weighted by Crippen LogP contribution is -2.24. The van der Waals surface area contributed by atoms with Crippen molar-refractivity contribution in [1.82, 2.24) is 24.5 Å². The van der Waals surface area contributed by atoms with Gasteiger partial charge in [0.25, 0.3) is 0 Å². The quantitative estimate of drug-likeness (QED) is 0.509. The van der Waals surface area contributed by atoms with E-state index in [0.29, 0.717) is 22.4 Å². The largest absolute Gasteiger partial charge is 0.496 e. The molecule has 31 heavy (non-hydrogen) atoms. The van der Waals surface area contributed by atoms with Crippen LogP contribution in [0, 0.1) is 12.9 Å². The summed E-state index contributed by atoms with van der Waals surface area (Å²) >= 11 is 0. The summed E-state index contributed by atoms with van der Waals surface area (Å²) in [5.41, 5.74) is 4.74. The molecule has 0 spiro atoms. The van der Waals surface area contributed by atoms with Gasteiger partial charge in [0.1, 0.15) is 5.75 Å². The molecule has 1 aromatic carbocycles. The number of halogens is 1. The van der Waals surface area contributed by atoms with Crippen LogP contribution in [0.1, 0.15) is 22.7 Å². The third-order valence-corrected chi connectivity index (χ3v) is 5.87. The maximum atomic E-state index is 14.5. The van der Waals surface area contributed by atoms with Crippen LogP contribution in [0.4, 0.5) is 10.1 Å². The topological polar surface area (TPSA) is 78.1 Å². The predicted molar refractivity (Wildman–Crippen MR) is 114 cm³/mol. The Balaban J connectivity index is 1.83. The highest BCUT2D eigenvalue weighted by Gasteiger charge is 2.40. The molecular formula is C22H21FN6O2. The van der Waals surface area contributed by atoms with Crippen LogP contribution in [-0.2, 0) is 18.9 Å². The van der Waals surface area contributed by atoms with E-state index in [0.717, 1.165) is 27.9 Å². The maximum absolute atomic E-state index is 14.5. The van der Waals surface area contributed by atoms with Gasteiger partial charge in [-0.3, -0.25) is 19.1 Å². The van der Waals surface area contributed by atoms with Crippen LogP contribution >= 0.6 is 0 Å². The van der Waals surface area contributed by atoms with E-state index < -0.39 is 11.9 Å². The Labute approximate surface area is 177 Å². The van der Waals surface area contributed by atoms with Gasteiger partial charge in [-0.25, -0.2) is 0 Å². The summed E-state index contributed by atoms with van der Waals surface area (Å²) in [6, 6.07) is 3.61. The number of methoxy groups -OCH3 is 1. The summed E-state index contributed by atoms with van der Waals surface area (Å²) in [7, 11) is 6.77. The highest BCUT2D eigenvalue weighted by molar-refractivity contribution is 6.11. The fraction of sp³-hybridized carbons (Fsp3) is 0.273. The van der Waals surface area contributed by atoms with E-state index in [9.17, 15) is 9.18 Å². The van der Waals surface area contributed by atoms with E-state index in [4.69, 9.17) is 4.74 Å². The lowest BCUT2D eigenvalue weighted by atomic mass is 9.89. The van der Waals surface area contributed by atoms with Crippen molar-refractivity contribution in [2.75, 3.05) is 19.1 Å². The van der Waals surface area contributed by atoms with Crippen LogP contribution in [0.5, 0.6) is 5.75 Å². The van der Waals surface area contributed by atoms with E-state index >= 15 is 0 Å². The van der Waals surface area contributed by atoms with Gasteiger partial charge in [-0.15, -0.1) is 5.10 Å². The lowest BCUT2D eigenvalue weighted by Gasteiger charge is -2.14. The third-order valence-electron chi connectivity index (χ3n) is 5.87. The number of amides is 1. The van der Waals surface area contributed by atoms with Crippen molar-refractivity contribution in [2.24, 2.45) is 14.1 Å². The van der Waals surface area contributed by atoms with E-state index in [-0.39, 0.29) is 5.91 Å². The number of pyridine rings is 1. The molecule has 3 aromatic heterocycles. The number of nitrogens with zero attached hydrogens (tertiary/aromatic N) is 6. The number of aromatic nitrogens is 5. The molecule has 4 heterocycles. The van der Waals surface area contributed by atoms with Crippen molar-refractivity contribution in [1.29, 1.82) is 0 Å². The molecule has 158 valence electrons. The number of fused-ring (bicyclic) bond motifs is 3. The first kappa shape index (κ1) is 19.2. The molecule has 0 radical (unpaired) electrons. The number of carbonyl (C=O) groups is 1. The molecule has 0 N–H and O–H groups in total. The van der Waals surface area contributed by atoms with E-state index in [2.05, 4.69) is 15.2 Å². The minimum Gasteiger partial charge on any atom is -0.496 e. The summed E-state index contributed by atoms with van der Waals surface area (Å²) < 4.78 is 23.2. The summed E-state index contributed by atoms with van der Waals surface area (Å²) in [5.74, 6) is -0.670. The summed E-state index contributed by atoms with van der Waals surface area (Å²) in [6.45, 7) is 1.89. The monoisotopic (exact) mass is 420 g/mol. The van der Waals surface area contributed by atoms with Gasteiger partial charge in [-0.2, -0.15) is 9.49 Å². The normalized spacial score (nSPS) is 15.7. The molecule has 1 unspecified atom stereocenters. The minimum atomic E-state index is -0.589. The van der Waals surface area contributed by atoms with Crippen LogP contribution in [0.15, 0.2) is 30.7 Å². The van der Waals surface area contributed by atoms with Gasteiger partial charge >= 0.3 is 0 Å². The Morgan fingerprint density at radius 3 is 2.42 bits per heavy atom. The minimum absolute atomic E-state index is 0.0506. The van der Waals surface area contributed by atoms with Crippen molar-refractivity contribution in [3.05, 3.63) is 53.5 Å². The first-order chi connectivity index (χ1) is 14.8. The number of benzene rings is 1. The number of anilines is 1. The van der Waals surface area contributed by atoms with E-state index in [1.165, 1.54) is 11.8 Å². The second-order valence-electron chi connectivity index (χ2n) is 7.81. The average Bonchev–Trinajstić information content (AvgIpc) is 3.33. The zero-order valence-corrected chi connectivity index (χ0v) is 17.8. The Morgan fingerprint density at radius 1 is 1.06 bits per heavy atom. The highest BCUT2D eigenvalue weighted by Crippen LogP contribution is 2.46. The second kappa shape index (κ2) is 6.63. The Hall–Kier alpha value is -3.75. The first-order valence-corrected chi connectivity index (χ1v) is 9.78. The molecule has 1 aliphatic rings. The average molecular weight is 420 g/mol. The molecule has 0 saturated heterocycles. The molecular weight excluding hydrogens is 399 g/mol. The summed E-state index contributed by atoms with van der Waals surface area (Å²) in [4.78, 5) is 19.4. The number of hydrogen-bond acceptors (Lipinski definition) is 5. The fourth-order valence-corrected chi connectivity index (χ4v) is 4.45. The Morgan fingerprint density at radius 2 is 1.81 bits per heavy atom. The molecule has 0 saturated carbocycles. The fourth-order valence-electron chi connectivity index (χ4n) is 4.45. The van der Waals surface area contributed by atoms with Gasteiger partial charge in [0.15, 0.2) is 0 Å². The molecule has 1 atom stereocenters. The standard InChI is InChI=1S/C22H21FN6O2/c1-11-14(9-27(2)25-11)20-19-13-6-12(15-10-28(3)26-21(15)23)18(31-5)7-16(13)24-8-17(19)29(4)22(20)30/h6-10,20H,1-5H3. The zero-order valence-electron chi connectivity index (χ0n) is 17.8. The third kappa shape index (κ3) is 2.73.